The minimum atomic E-state index is 0.368. The number of hydrogen-bond donors (Lipinski definition) is 0. The summed E-state index contributed by atoms with van der Waals surface area (Å²) in [5.41, 5.74) is 0.968. The van der Waals surface area contributed by atoms with E-state index in [1.54, 1.807) is 0 Å². The lowest BCUT2D eigenvalue weighted by molar-refractivity contribution is 0.0223. The molecule has 1 aliphatic rings. The van der Waals surface area contributed by atoms with Crippen molar-refractivity contribution in [3.63, 3.8) is 0 Å². The van der Waals surface area contributed by atoms with Crippen molar-refractivity contribution >= 4 is 0 Å². The van der Waals surface area contributed by atoms with E-state index >= 15 is 0 Å². The molecule has 0 bridgehead atoms. The van der Waals surface area contributed by atoms with E-state index in [1.165, 1.54) is 0 Å². The van der Waals surface area contributed by atoms with E-state index in [2.05, 4.69) is 0 Å². The number of para-hydroxylation sites is 3. The summed E-state index contributed by atoms with van der Waals surface area (Å²) < 4.78 is 52.0. The number of benzene rings is 3. The van der Waals surface area contributed by atoms with E-state index in [4.69, 9.17) is 42.6 Å². The van der Waals surface area contributed by atoms with Gasteiger partial charge in [-0.1, -0.05) is 36.4 Å². The lowest BCUT2D eigenvalue weighted by Crippen LogP contribution is -2.15. The predicted molar refractivity (Wildman–Crippen MR) is 149 cm³/mol. The zero-order valence-corrected chi connectivity index (χ0v) is 22.8. The zero-order chi connectivity index (χ0) is 27.5. The van der Waals surface area contributed by atoms with E-state index in [0.29, 0.717) is 109 Å². The molecule has 40 heavy (non-hydrogen) atoms. The van der Waals surface area contributed by atoms with Crippen molar-refractivity contribution in [3.8, 4) is 28.7 Å². The fourth-order valence-electron chi connectivity index (χ4n) is 3.73. The fraction of sp³-hybridized carbons (Fsp3) is 0.419. The van der Waals surface area contributed by atoms with Crippen LogP contribution in [0.15, 0.2) is 72.8 Å². The molecule has 0 unspecified atom stereocenters. The maximum Gasteiger partial charge on any atom is 0.161 e. The molecule has 9 nitrogen and oxygen atoms in total. The molecule has 1 heterocycles. The largest absolute Gasteiger partial charge is 0.489 e. The summed E-state index contributed by atoms with van der Waals surface area (Å²) in [5.74, 6) is 3.42. The van der Waals surface area contributed by atoms with Crippen molar-refractivity contribution < 1.29 is 42.6 Å². The van der Waals surface area contributed by atoms with Crippen molar-refractivity contribution in [2.75, 3.05) is 79.3 Å². The summed E-state index contributed by atoms with van der Waals surface area (Å²) >= 11 is 0. The van der Waals surface area contributed by atoms with Crippen LogP contribution in [0, 0.1) is 0 Å². The Hall–Kier alpha value is -3.50. The van der Waals surface area contributed by atoms with Gasteiger partial charge in [0.1, 0.15) is 38.8 Å². The van der Waals surface area contributed by atoms with Gasteiger partial charge >= 0.3 is 0 Å². The van der Waals surface area contributed by atoms with Gasteiger partial charge in [-0.05, 0) is 42.0 Å². The van der Waals surface area contributed by atoms with E-state index < -0.39 is 0 Å². The van der Waals surface area contributed by atoms with Crippen LogP contribution < -0.4 is 23.7 Å². The Labute approximate surface area is 235 Å². The Morgan fingerprint density at radius 2 is 0.850 bits per heavy atom. The zero-order valence-electron chi connectivity index (χ0n) is 22.8. The summed E-state index contributed by atoms with van der Waals surface area (Å²) in [6.45, 7) is 5.53. The summed E-state index contributed by atoms with van der Waals surface area (Å²) in [6.07, 6.45) is 0. The minimum Gasteiger partial charge on any atom is -0.489 e. The third-order valence-corrected chi connectivity index (χ3v) is 5.69. The van der Waals surface area contributed by atoms with Crippen LogP contribution in [0.1, 0.15) is 5.56 Å². The highest BCUT2D eigenvalue weighted by Gasteiger charge is 2.09. The van der Waals surface area contributed by atoms with Crippen LogP contribution in [0.3, 0.4) is 0 Å². The maximum absolute atomic E-state index is 6.01. The highest BCUT2D eigenvalue weighted by atomic mass is 16.6. The van der Waals surface area contributed by atoms with Crippen molar-refractivity contribution in [2.45, 2.75) is 6.61 Å². The molecule has 0 saturated heterocycles. The second-order valence-electron chi connectivity index (χ2n) is 8.67. The lowest BCUT2D eigenvalue weighted by Gasteiger charge is -2.15. The SMILES string of the molecule is c1ccc(OCc2ccc3c(c2)OCCOCCOCCOc2ccccc2OCCOCCOCCO3)cc1. The first-order valence-electron chi connectivity index (χ1n) is 13.6. The molecule has 0 N–H and O–H groups in total. The molecule has 0 aliphatic carbocycles. The van der Waals surface area contributed by atoms with E-state index in [-0.39, 0.29) is 0 Å². The summed E-state index contributed by atoms with van der Waals surface area (Å²) in [6, 6.07) is 23.0. The summed E-state index contributed by atoms with van der Waals surface area (Å²) in [5, 5.41) is 0. The molecule has 0 aromatic heterocycles. The Bertz CT molecular complexity index is 1090. The third-order valence-electron chi connectivity index (χ3n) is 5.69. The molecule has 3 aromatic rings. The van der Waals surface area contributed by atoms with Gasteiger partial charge in [0.2, 0.25) is 0 Å². The van der Waals surface area contributed by atoms with Gasteiger partial charge in [0.15, 0.2) is 23.0 Å². The van der Waals surface area contributed by atoms with Gasteiger partial charge in [-0.15, -0.1) is 0 Å². The average Bonchev–Trinajstić information content (AvgIpc) is 2.99. The number of ether oxygens (including phenoxy) is 9. The van der Waals surface area contributed by atoms with Gasteiger partial charge in [0.25, 0.3) is 0 Å². The summed E-state index contributed by atoms with van der Waals surface area (Å²) in [7, 11) is 0. The topological polar surface area (TPSA) is 83.1 Å². The van der Waals surface area contributed by atoms with Crippen LogP contribution >= 0.6 is 0 Å². The molecular weight excluding hydrogens is 516 g/mol. The third kappa shape index (κ3) is 10.9. The van der Waals surface area contributed by atoms with Crippen LogP contribution in [0.4, 0.5) is 0 Å². The van der Waals surface area contributed by atoms with Gasteiger partial charge in [-0.25, -0.2) is 0 Å². The molecule has 0 saturated carbocycles. The Morgan fingerprint density at radius 3 is 1.38 bits per heavy atom. The molecule has 216 valence electrons. The fourth-order valence-corrected chi connectivity index (χ4v) is 3.73. The molecule has 1 aliphatic heterocycles. The molecule has 0 spiro atoms. The Balaban J connectivity index is 1.27. The number of hydrogen-bond acceptors (Lipinski definition) is 9. The maximum atomic E-state index is 6.01. The van der Waals surface area contributed by atoms with Gasteiger partial charge in [0, 0.05) is 0 Å². The van der Waals surface area contributed by atoms with Crippen LogP contribution in [-0.2, 0) is 25.6 Å². The van der Waals surface area contributed by atoms with Gasteiger partial charge in [-0.3, -0.25) is 0 Å². The van der Waals surface area contributed by atoms with E-state index in [1.807, 2.05) is 72.8 Å². The van der Waals surface area contributed by atoms with Gasteiger partial charge < -0.3 is 42.6 Å². The predicted octanol–water partition coefficient (Wildman–Crippen LogP) is 4.56. The van der Waals surface area contributed by atoms with Crippen molar-refractivity contribution in [2.24, 2.45) is 0 Å². The van der Waals surface area contributed by atoms with Crippen LogP contribution in [0.5, 0.6) is 28.7 Å². The number of fused-ring (bicyclic) bond motifs is 2. The van der Waals surface area contributed by atoms with Crippen LogP contribution in [-0.4, -0.2) is 79.3 Å². The van der Waals surface area contributed by atoms with E-state index in [9.17, 15) is 0 Å². The van der Waals surface area contributed by atoms with Crippen LogP contribution in [0.2, 0.25) is 0 Å². The molecule has 0 fully saturated rings. The van der Waals surface area contributed by atoms with Gasteiger partial charge in [0.05, 0.1) is 52.9 Å². The molecule has 3 aromatic carbocycles. The summed E-state index contributed by atoms with van der Waals surface area (Å²) in [4.78, 5) is 0. The van der Waals surface area contributed by atoms with E-state index in [0.717, 1.165) is 11.3 Å². The highest BCUT2D eigenvalue weighted by molar-refractivity contribution is 5.43. The molecule has 0 atom stereocenters. The lowest BCUT2D eigenvalue weighted by atomic mass is 10.2. The molecular formula is C31H38O9. The molecule has 4 rings (SSSR count). The first-order chi connectivity index (χ1) is 19.9. The number of rotatable bonds is 3. The van der Waals surface area contributed by atoms with Gasteiger partial charge in [-0.2, -0.15) is 0 Å². The second kappa shape index (κ2) is 18.0. The first kappa shape index (κ1) is 29.5. The standard InChI is InChI=1S/C31H38O9/c1-2-6-27(7-3-1)40-25-26-10-11-30-31(24-26)39-23-19-35-15-14-33-17-21-37-29-9-5-4-8-28(29)36-20-16-32-12-13-34-18-22-38-30/h1-11,24H,12-23,25H2. The smallest absolute Gasteiger partial charge is 0.161 e. The second-order valence-corrected chi connectivity index (χ2v) is 8.67. The van der Waals surface area contributed by atoms with Crippen LogP contribution in [0.25, 0.3) is 0 Å². The average molecular weight is 555 g/mol. The van der Waals surface area contributed by atoms with Crippen molar-refractivity contribution in [1.29, 1.82) is 0 Å². The highest BCUT2D eigenvalue weighted by Crippen LogP contribution is 2.29. The molecule has 9 heteroatoms. The minimum absolute atomic E-state index is 0.368. The quantitative estimate of drug-likeness (QED) is 0.463. The monoisotopic (exact) mass is 554 g/mol. The van der Waals surface area contributed by atoms with Crippen molar-refractivity contribution in [3.05, 3.63) is 78.4 Å². The Kier molecular flexibility index (Phi) is 13.2. The normalized spacial score (nSPS) is 16.8. The van der Waals surface area contributed by atoms with Crippen molar-refractivity contribution in [1.82, 2.24) is 0 Å². The first-order valence-corrected chi connectivity index (χ1v) is 13.6. The molecule has 0 radical (unpaired) electrons. The Morgan fingerprint density at radius 1 is 0.425 bits per heavy atom. The molecule has 0 amide bonds.